The number of amides is 1. The molecule has 0 fully saturated rings. The predicted molar refractivity (Wildman–Crippen MR) is 78.5 cm³/mol. The minimum absolute atomic E-state index is 0.0826. The van der Waals surface area contributed by atoms with Crippen molar-refractivity contribution < 1.29 is 4.79 Å². The Labute approximate surface area is 115 Å². The molecule has 0 spiro atoms. The van der Waals surface area contributed by atoms with Gasteiger partial charge in [-0.1, -0.05) is 6.92 Å². The third kappa shape index (κ3) is 4.81. The molecule has 17 heavy (non-hydrogen) atoms. The normalized spacial score (nSPS) is 12.4. The summed E-state index contributed by atoms with van der Waals surface area (Å²) in [5.41, 5.74) is 1.01. The van der Waals surface area contributed by atoms with Crippen LogP contribution in [0.15, 0.2) is 0 Å². The molecular formula is C11H18N2OS3. The number of hydrogen-bond acceptors (Lipinski definition) is 4. The maximum absolute atomic E-state index is 11.9. The fourth-order valence-electron chi connectivity index (χ4n) is 1.49. The maximum Gasteiger partial charge on any atom is 0.225 e. The summed E-state index contributed by atoms with van der Waals surface area (Å²) in [7, 11) is 0. The molecule has 0 saturated heterocycles. The second-order valence-corrected chi connectivity index (χ2v) is 6.55. The number of H-pyrrole nitrogens is 1. The van der Waals surface area contributed by atoms with Crippen molar-refractivity contribution in [2.75, 3.05) is 12.0 Å². The average molecular weight is 290 g/mol. The van der Waals surface area contributed by atoms with E-state index in [2.05, 4.69) is 23.5 Å². The molecule has 0 aliphatic carbocycles. The highest BCUT2D eigenvalue weighted by Gasteiger charge is 2.12. The molecule has 0 aliphatic heterocycles. The Bertz CT molecular complexity index is 425. The smallest absolute Gasteiger partial charge is 0.225 e. The number of carbonyl (C=O) groups is 1. The molecule has 1 unspecified atom stereocenters. The largest absolute Gasteiger partial charge is 0.352 e. The number of thioether (sulfide) groups is 1. The molecule has 1 aromatic rings. The third-order valence-electron chi connectivity index (χ3n) is 2.47. The maximum atomic E-state index is 11.9. The zero-order chi connectivity index (χ0) is 12.8. The molecule has 96 valence electrons. The van der Waals surface area contributed by atoms with Crippen molar-refractivity contribution in [3.63, 3.8) is 0 Å². The Balaban J connectivity index is 2.54. The minimum Gasteiger partial charge on any atom is -0.352 e. The zero-order valence-corrected chi connectivity index (χ0v) is 12.8. The summed E-state index contributed by atoms with van der Waals surface area (Å²) in [5, 5.41) is 3.05. The van der Waals surface area contributed by atoms with Crippen LogP contribution in [-0.2, 0) is 11.2 Å². The number of hydrogen-bond donors (Lipinski definition) is 2. The summed E-state index contributed by atoms with van der Waals surface area (Å²) in [6.45, 7) is 4.04. The lowest BCUT2D eigenvalue weighted by atomic mass is 10.2. The quantitative estimate of drug-likeness (QED) is 0.792. The molecule has 1 heterocycles. The number of aromatic amines is 1. The van der Waals surface area contributed by atoms with Gasteiger partial charge in [-0.25, -0.2) is 0 Å². The van der Waals surface area contributed by atoms with Crippen LogP contribution in [0.2, 0.25) is 0 Å². The number of carbonyl (C=O) groups excluding carboxylic acids is 1. The summed E-state index contributed by atoms with van der Waals surface area (Å²) >= 11 is 8.29. The second kappa shape index (κ2) is 7.18. The van der Waals surface area contributed by atoms with E-state index in [0.717, 1.165) is 26.7 Å². The summed E-state index contributed by atoms with van der Waals surface area (Å²) in [5.74, 6) is 1.05. The van der Waals surface area contributed by atoms with E-state index in [0.29, 0.717) is 6.42 Å². The van der Waals surface area contributed by atoms with Crippen LogP contribution in [0.4, 0.5) is 0 Å². The van der Waals surface area contributed by atoms with Gasteiger partial charge in [-0.15, -0.1) is 11.3 Å². The van der Waals surface area contributed by atoms with Crippen molar-refractivity contribution in [3.8, 4) is 0 Å². The molecule has 0 aromatic carbocycles. The van der Waals surface area contributed by atoms with Crippen molar-refractivity contribution >= 4 is 41.2 Å². The minimum atomic E-state index is 0.0826. The first kappa shape index (κ1) is 14.7. The van der Waals surface area contributed by atoms with Gasteiger partial charge in [-0.2, -0.15) is 11.8 Å². The lowest BCUT2D eigenvalue weighted by Crippen LogP contribution is -2.37. The van der Waals surface area contributed by atoms with Crippen LogP contribution in [-0.4, -0.2) is 28.9 Å². The summed E-state index contributed by atoms with van der Waals surface area (Å²) in [6.07, 6.45) is 3.44. The Morgan fingerprint density at radius 2 is 2.35 bits per heavy atom. The molecule has 0 radical (unpaired) electrons. The van der Waals surface area contributed by atoms with E-state index in [1.165, 1.54) is 11.3 Å². The monoisotopic (exact) mass is 290 g/mol. The number of aromatic nitrogens is 1. The van der Waals surface area contributed by atoms with Crippen LogP contribution in [0.5, 0.6) is 0 Å². The van der Waals surface area contributed by atoms with Gasteiger partial charge in [0.15, 0.2) is 3.95 Å². The van der Waals surface area contributed by atoms with Crippen LogP contribution < -0.4 is 5.32 Å². The van der Waals surface area contributed by atoms with Gasteiger partial charge in [0, 0.05) is 22.4 Å². The molecule has 0 bridgehead atoms. The van der Waals surface area contributed by atoms with Gasteiger partial charge in [-0.05, 0) is 31.8 Å². The number of thiazole rings is 1. The standard InChI is InChI=1S/C11H18N2OS3/c1-4-8(6-16-3)13-10(14)5-9-7(2)12-11(15)17-9/h8H,4-6H2,1-3H3,(H,12,15)(H,13,14). The fraction of sp³-hybridized carbons (Fsp3) is 0.636. The SMILES string of the molecule is CCC(CSC)NC(=O)Cc1sc(=S)[nH]c1C. The highest BCUT2D eigenvalue weighted by molar-refractivity contribution is 7.98. The Kier molecular flexibility index (Phi) is 6.22. The van der Waals surface area contributed by atoms with Gasteiger partial charge in [0.1, 0.15) is 0 Å². The molecular weight excluding hydrogens is 272 g/mol. The molecule has 1 atom stereocenters. The molecule has 1 amide bonds. The Morgan fingerprint density at radius 3 is 2.82 bits per heavy atom. The zero-order valence-electron chi connectivity index (χ0n) is 10.3. The lowest BCUT2D eigenvalue weighted by molar-refractivity contribution is -0.121. The van der Waals surface area contributed by atoms with E-state index in [-0.39, 0.29) is 11.9 Å². The van der Waals surface area contributed by atoms with E-state index in [4.69, 9.17) is 12.2 Å². The van der Waals surface area contributed by atoms with E-state index in [1.54, 1.807) is 11.8 Å². The van der Waals surface area contributed by atoms with Gasteiger partial charge in [-0.3, -0.25) is 4.79 Å². The van der Waals surface area contributed by atoms with Crippen molar-refractivity contribution in [2.45, 2.75) is 32.7 Å². The van der Waals surface area contributed by atoms with Crippen LogP contribution in [0.3, 0.4) is 0 Å². The molecule has 0 saturated carbocycles. The molecule has 1 aromatic heterocycles. The van der Waals surface area contributed by atoms with E-state index >= 15 is 0 Å². The lowest BCUT2D eigenvalue weighted by Gasteiger charge is -2.15. The second-order valence-electron chi connectivity index (χ2n) is 3.87. The van der Waals surface area contributed by atoms with Crippen molar-refractivity contribution in [1.82, 2.24) is 10.3 Å². The van der Waals surface area contributed by atoms with Crippen LogP contribution in [0.1, 0.15) is 23.9 Å². The predicted octanol–water partition coefficient (Wildman–Crippen LogP) is 2.91. The number of nitrogens with one attached hydrogen (secondary N) is 2. The van der Waals surface area contributed by atoms with E-state index in [9.17, 15) is 4.79 Å². The summed E-state index contributed by atoms with van der Waals surface area (Å²) in [6, 6.07) is 0.268. The fourth-order valence-corrected chi connectivity index (χ4v) is 3.50. The van der Waals surface area contributed by atoms with Crippen LogP contribution in [0.25, 0.3) is 0 Å². The molecule has 0 aliphatic rings. The summed E-state index contributed by atoms with van der Waals surface area (Å²) < 4.78 is 0.737. The first-order valence-corrected chi connectivity index (χ1v) is 8.15. The van der Waals surface area contributed by atoms with E-state index < -0.39 is 0 Å². The van der Waals surface area contributed by atoms with Crippen molar-refractivity contribution in [3.05, 3.63) is 14.5 Å². The number of rotatable bonds is 6. The average Bonchev–Trinajstić information content (AvgIpc) is 2.56. The highest BCUT2D eigenvalue weighted by atomic mass is 32.2. The van der Waals surface area contributed by atoms with Crippen molar-refractivity contribution in [1.29, 1.82) is 0 Å². The Morgan fingerprint density at radius 1 is 1.65 bits per heavy atom. The van der Waals surface area contributed by atoms with Gasteiger partial charge >= 0.3 is 0 Å². The van der Waals surface area contributed by atoms with Gasteiger partial charge in [0.05, 0.1) is 6.42 Å². The van der Waals surface area contributed by atoms with E-state index in [1.807, 2.05) is 6.92 Å². The summed E-state index contributed by atoms with van der Waals surface area (Å²) in [4.78, 5) is 15.9. The Hall–Kier alpha value is -0.330. The van der Waals surface area contributed by atoms with Gasteiger partial charge < -0.3 is 10.3 Å². The first-order valence-electron chi connectivity index (χ1n) is 5.53. The third-order valence-corrected chi connectivity index (χ3v) is 4.54. The van der Waals surface area contributed by atoms with Crippen LogP contribution in [0, 0.1) is 10.9 Å². The van der Waals surface area contributed by atoms with Crippen LogP contribution >= 0.6 is 35.3 Å². The molecule has 1 rings (SSSR count). The molecule has 2 N–H and O–H groups in total. The van der Waals surface area contributed by atoms with Gasteiger partial charge in [0.25, 0.3) is 0 Å². The highest BCUT2D eigenvalue weighted by Crippen LogP contribution is 2.15. The molecule has 3 nitrogen and oxygen atoms in total. The molecule has 6 heteroatoms. The van der Waals surface area contributed by atoms with Crippen molar-refractivity contribution in [2.24, 2.45) is 0 Å². The first-order chi connectivity index (χ1) is 8.06. The number of aryl methyl sites for hydroxylation is 1. The topological polar surface area (TPSA) is 44.9 Å². The van der Waals surface area contributed by atoms with Gasteiger partial charge in [0.2, 0.25) is 5.91 Å².